The molecular weight excluding hydrogens is 228 g/mol. The summed E-state index contributed by atoms with van der Waals surface area (Å²) in [5.74, 6) is 1.53. The van der Waals surface area contributed by atoms with Gasteiger partial charge in [-0.3, -0.25) is 0 Å². The fourth-order valence-corrected chi connectivity index (χ4v) is 1.56. The van der Waals surface area contributed by atoms with E-state index in [0.29, 0.717) is 13.1 Å². The fraction of sp³-hybridized carbons (Fsp3) is 0.231. The summed E-state index contributed by atoms with van der Waals surface area (Å²) in [4.78, 5) is 0. The molecule has 18 heavy (non-hydrogen) atoms. The van der Waals surface area contributed by atoms with Crippen molar-refractivity contribution >= 4 is 5.82 Å². The SMILES string of the molecule is COc1cccc(-c2ccc(NCCN)nn2)c1. The molecular formula is C13H16N4O. The van der Waals surface area contributed by atoms with Crippen molar-refractivity contribution in [1.82, 2.24) is 10.2 Å². The first-order valence-electron chi connectivity index (χ1n) is 5.75. The van der Waals surface area contributed by atoms with E-state index in [0.717, 1.165) is 22.8 Å². The highest BCUT2D eigenvalue weighted by atomic mass is 16.5. The van der Waals surface area contributed by atoms with E-state index in [1.165, 1.54) is 0 Å². The number of hydrogen-bond acceptors (Lipinski definition) is 5. The number of hydrogen-bond donors (Lipinski definition) is 2. The molecule has 0 radical (unpaired) electrons. The van der Waals surface area contributed by atoms with Crippen LogP contribution in [0.2, 0.25) is 0 Å². The van der Waals surface area contributed by atoms with Gasteiger partial charge in [0, 0.05) is 18.7 Å². The first-order valence-corrected chi connectivity index (χ1v) is 5.75. The maximum atomic E-state index is 5.40. The van der Waals surface area contributed by atoms with Gasteiger partial charge < -0.3 is 15.8 Å². The van der Waals surface area contributed by atoms with Crippen LogP contribution in [0.15, 0.2) is 36.4 Å². The lowest BCUT2D eigenvalue weighted by Gasteiger charge is -2.05. The lowest BCUT2D eigenvalue weighted by molar-refractivity contribution is 0.415. The number of ether oxygens (including phenoxy) is 1. The maximum absolute atomic E-state index is 5.40. The maximum Gasteiger partial charge on any atom is 0.148 e. The van der Waals surface area contributed by atoms with Crippen molar-refractivity contribution in [2.75, 3.05) is 25.5 Å². The fourth-order valence-electron chi connectivity index (χ4n) is 1.56. The first-order chi connectivity index (χ1) is 8.83. The van der Waals surface area contributed by atoms with Crippen molar-refractivity contribution in [2.45, 2.75) is 0 Å². The average Bonchev–Trinajstić information content (AvgIpc) is 2.46. The number of nitrogens with two attached hydrogens (primary N) is 1. The predicted molar refractivity (Wildman–Crippen MR) is 71.6 cm³/mol. The van der Waals surface area contributed by atoms with Crippen LogP contribution in [-0.4, -0.2) is 30.4 Å². The first kappa shape index (κ1) is 12.3. The third kappa shape index (κ3) is 2.95. The van der Waals surface area contributed by atoms with Crippen LogP contribution in [0.25, 0.3) is 11.3 Å². The summed E-state index contributed by atoms with van der Waals surface area (Å²) in [5.41, 5.74) is 7.20. The molecule has 1 aromatic carbocycles. The summed E-state index contributed by atoms with van der Waals surface area (Å²) in [5, 5.41) is 11.3. The molecule has 3 N–H and O–H groups in total. The molecule has 0 spiro atoms. The number of aromatic nitrogens is 2. The zero-order valence-corrected chi connectivity index (χ0v) is 10.3. The van der Waals surface area contributed by atoms with Gasteiger partial charge in [-0.05, 0) is 24.3 Å². The summed E-state index contributed by atoms with van der Waals surface area (Å²) in [7, 11) is 1.64. The van der Waals surface area contributed by atoms with Crippen LogP contribution in [0.3, 0.4) is 0 Å². The molecule has 0 atom stereocenters. The molecule has 0 bridgehead atoms. The van der Waals surface area contributed by atoms with E-state index in [-0.39, 0.29) is 0 Å². The molecule has 2 aromatic rings. The lowest BCUT2D eigenvalue weighted by atomic mass is 10.1. The minimum Gasteiger partial charge on any atom is -0.497 e. The van der Waals surface area contributed by atoms with Gasteiger partial charge in [0.15, 0.2) is 0 Å². The van der Waals surface area contributed by atoms with Crippen LogP contribution < -0.4 is 15.8 Å². The molecule has 1 aromatic heterocycles. The largest absolute Gasteiger partial charge is 0.497 e. The highest BCUT2D eigenvalue weighted by Gasteiger charge is 2.02. The van der Waals surface area contributed by atoms with E-state index in [1.807, 2.05) is 36.4 Å². The van der Waals surface area contributed by atoms with E-state index < -0.39 is 0 Å². The summed E-state index contributed by atoms with van der Waals surface area (Å²) < 4.78 is 5.18. The van der Waals surface area contributed by atoms with Crippen LogP contribution in [0.5, 0.6) is 5.75 Å². The number of nitrogens with zero attached hydrogens (tertiary/aromatic N) is 2. The summed E-state index contributed by atoms with van der Waals surface area (Å²) in [6.07, 6.45) is 0. The Kier molecular flexibility index (Phi) is 4.09. The molecule has 0 fully saturated rings. The summed E-state index contributed by atoms with van der Waals surface area (Å²) in [6.45, 7) is 1.26. The Morgan fingerprint density at radius 2 is 2.11 bits per heavy atom. The number of rotatable bonds is 5. The second kappa shape index (κ2) is 5.97. The van der Waals surface area contributed by atoms with Crippen molar-refractivity contribution in [1.29, 1.82) is 0 Å². The van der Waals surface area contributed by atoms with Gasteiger partial charge in [-0.25, -0.2) is 0 Å². The Labute approximate surface area is 106 Å². The molecule has 94 valence electrons. The van der Waals surface area contributed by atoms with Crippen LogP contribution in [0.1, 0.15) is 0 Å². The van der Waals surface area contributed by atoms with Crippen molar-refractivity contribution in [3.8, 4) is 17.0 Å². The van der Waals surface area contributed by atoms with Gasteiger partial charge in [0.2, 0.25) is 0 Å². The van der Waals surface area contributed by atoms with Gasteiger partial charge in [0.25, 0.3) is 0 Å². The van der Waals surface area contributed by atoms with Crippen molar-refractivity contribution in [3.05, 3.63) is 36.4 Å². The average molecular weight is 244 g/mol. The number of methoxy groups -OCH3 is 1. The Morgan fingerprint density at radius 1 is 1.22 bits per heavy atom. The van der Waals surface area contributed by atoms with E-state index in [1.54, 1.807) is 7.11 Å². The molecule has 1 heterocycles. The van der Waals surface area contributed by atoms with E-state index >= 15 is 0 Å². The molecule has 5 nitrogen and oxygen atoms in total. The monoisotopic (exact) mass is 244 g/mol. The number of benzene rings is 1. The Bertz CT molecular complexity index is 499. The standard InChI is InChI=1S/C13H16N4O/c1-18-11-4-2-3-10(9-11)12-5-6-13(17-16-12)15-8-7-14/h2-6,9H,7-8,14H2,1H3,(H,15,17). The zero-order chi connectivity index (χ0) is 12.8. The van der Waals surface area contributed by atoms with Crippen LogP contribution in [0, 0.1) is 0 Å². The minimum atomic E-state index is 0.569. The number of nitrogens with one attached hydrogen (secondary N) is 1. The summed E-state index contributed by atoms with van der Waals surface area (Å²) in [6, 6.07) is 11.5. The molecule has 0 unspecified atom stereocenters. The summed E-state index contributed by atoms with van der Waals surface area (Å²) >= 11 is 0. The highest BCUT2D eigenvalue weighted by molar-refractivity contribution is 5.61. The molecule has 5 heteroatoms. The third-order valence-electron chi connectivity index (χ3n) is 2.48. The Balaban J connectivity index is 2.17. The van der Waals surface area contributed by atoms with Gasteiger partial charge >= 0.3 is 0 Å². The smallest absolute Gasteiger partial charge is 0.148 e. The van der Waals surface area contributed by atoms with Crippen molar-refractivity contribution in [3.63, 3.8) is 0 Å². The molecule has 0 aliphatic carbocycles. The molecule has 0 saturated carbocycles. The van der Waals surface area contributed by atoms with Gasteiger partial charge in [0.1, 0.15) is 11.6 Å². The van der Waals surface area contributed by atoms with Crippen LogP contribution in [0.4, 0.5) is 5.82 Å². The van der Waals surface area contributed by atoms with E-state index in [2.05, 4.69) is 15.5 Å². The minimum absolute atomic E-state index is 0.569. The van der Waals surface area contributed by atoms with Crippen LogP contribution in [-0.2, 0) is 0 Å². The van der Waals surface area contributed by atoms with Crippen molar-refractivity contribution in [2.24, 2.45) is 5.73 Å². The Hall–Kier alpha value is -2.14. The highest BCUT2D eigenvalue weighted by Crippen LogP contribution is 2.21. The van der Waals surface area contributed by atoms with Crippen molar-refractivity contribution < 1.29 is 4.74 Å². The van der Waals surface area contributed by atoms with Gasteiger partial charge in [-0.2, -0.15) is 0 Å². The second-order valence-corrected chi connectivity index (χ2v) is 3.75. The van der Waals surface area contributed by atoms with Gasteiger partial charge in [-0.1, -0.05) is 12.1 Å². The molecule has 0 aliphatic rings. The van der Waals surface area contributed by atoms with Gasteiger partial charge in [0.05, 0.1) is 12.8 Å². The number of anilines is 1. The normalized spacial score (nSPS) is 10.1. The van der Waals surface area contributed by atoms with E-state index in [9.17, 15) is 0 Å². The quantitative estimate of drug-likeness (QED) is 0.834. The van der Waals surface area contributed by atoms with E-state index in [4.69, 9.17) is 10.5 Å². The predicted octanol–water partition coefficient (Wildman–Crippen LogP) is 1.52. The molecule has 0 saturated heterocycles. The van der Waals surface area contributed by atoms with Gasteiger partial charge in [-0.15, -0.1) is 10.2 Å². The lowest BCUT2D eigenvalue weighted by Crippen LogP contribution is -2.14. The topological polar surface area (TPSA) is 73.1 Å². The third-order valence-corrected chi connectivity index (χ3v) is 2.48. The molecule has 2 rings (SSSR count). The zero-order valence-electron chi connectivity index (χ0n) is 10.3. The second-order valence-electron chi connectivity index (χ2n) is 3.75. The molecule has 0 amide bonds. The molecule has 0 aliphatic heterocycles. The van der Waals surface area contributed by atoms with Crippen LogP contribution >= 0.6 is 0 Å². The Morgan fingerprint density at radius 3 is 2.78 bits per heavy atom.